The molecule has 6 heteroatoms. The number of hydrogen-bond acceptors (Lipinski definition) is 5. The lowest BCUT2D eigenvalue weighted by atomic mass is 10.1. The molecule has 3 rings (SSSR count). The Morgan fingerprint density at radius 1 is 1.13 bits per heavy atom. The summed E-state index contributed by atoms with van der Waals surface area (Å²) in [6.45, 7) is 1.98. The highest BCUT2D eigenvalue weighted by Gasteiger charge is 2.13. The molecule has 2 aromatic rings. The van der Waals surface area contributed by atoms with E-state index in [0.717, 1.165) is 16.3 Å². The minimum atomic E-state index is 0.447. The number of rotatable bonds is 4. The smallest absolute Gasteiger partial charge is 0.244 e. The number of benzene rings is 1. The lowest BCUT2D eigenvalue weighted by molar-refractivity contribution is 0.613. The van der Waals surface area contributed by atoms with Crippen LogP contribution in [0.4, 0.5) is 17.5 Å². The summed E-state index contributed by atoms with van der Waals surface area (Å²) in [4.78, 5) is 4.52. The second-order valence-corrected chi connectivity index (χ2v) is 6.44. The summed E-state index contributed by atoms with van der Waals surface area (Å²) >= 11 is 6.15. The molecule has 1 aliphatic rings. The van der Waals surface area contributed by atoms with Crippen LogP contribution in [0.15, 0.2) is 24.4 Å². The molecule has 0 amide bonds. The molecule has 0 atom stereocenters. The second kappa shape index (κ2) is 7.59. The number of hydrogen-bond donors (Lipinski definition) is 2. The molecule has 0 saturated heterocycles. The third-order valence-electron chi connectivity index (χ3n) is 4.28. The molecule has 0 radical (unpaired) electrons. The zero-order valence-corrected chi connectivity index (χ0v) is 14.1. The van der Waals surface area contributed by atoms with E-state index < -0.39 is 0 Å². The molecule has 5 nitrogen and oxygen atoms in total. The standard InChI is InChI=1S/C17H22ClN5/c1-12-14(18)9-6-10-15(12)21-16-11-19-23-17(22-16)20-13-7-4-2-3-5-8-13/h6,9-11,13H,2-5,7-8H2,1H3,(H2,20,21,22,23). The predicted octanol–water partition coefficient (Wildman–Crippen LogP) is 4.71. The summed E-state index contributed by atoms with van der Waals surface area (Å²) < 4.78 is 0. The SMILES string of the molecule is Cc1c(Cl)cccc1Nc1cnnc(NC2CCCCCC2)n1. The van der Waals surface area contributed by atoms with Crippen LogP contribution >= 0.6 is 11.6 Å². The Kier molecular flexibility index (Phi) is 5.28. The molecule has 1 aromatic carbocycles. The van der Waals surface area contributed by atoms with Gasteiger partial charge in [0, 0.05) is 16.8 Å². The van der Waals surface area contributed by atoms with E-state index in [1.165, 1.54) is 38.5 Å². The Labute approximate surface area is 141 Å². The Hall–Kier alpha value is -1.88. The number of nitrogens with one attached hydrogen (secondary N) is 2. The van der Waals surface area contributed by atoms with Crippen LogP contribution in [-0.4, -0.2) is 21.2 Å². The second-order valence-electron chi connectivity index (χ2n) is 6.04. The van der Waals surface area contributed by atoms with Gasteiger partial charge < -0.3 is 10.6 Å². The first-order valence-electron chi connectivity index (χ1n) is 8.21. The lowest BCUT2D eigenvalue weighted by Gasteiger charge is -2.16. The maximum absolute atomic E-state index is 6.15. The van der Waals surface area contributed by atoms with Crippen LogP contribution in [0.1, 0.15) is 44.1 Å². The molecule has 122 valence electrons. The van der Waals surface area contributed by atoms with E-state index in [0.29, 0.717) is 17.8 Å². The molecule has 1 aliphatic carbocycles. The summed E-state index contributed by atoms with van der Waals surface area (Å²) in [7, 11) is 0. The fourth-order valence-corrected chi connectivity index (χ4v) is 3.09. The topological polar surface area (TPSA) is 62.7 Å². The largest absolute Gasteiger partial charge is 0.350 e. The van der Waals surface area contributed by atoms with E-state index in [2.05, 4.69) is 25.8 Å². The van der Waals surface area contributed by atoms with Gasteiger partial charge in [-0.15, -0.1) is 5.10 Å². The van der Waals surface area contributed by atoms with Gasteiger partial charge in [0.2, 0.25) is 5.95 Å². The summed E-state index contributed by atoms with van der Waals surface area (Å²) in [6, 6.07) is 6.21. The molecule has 0 unspecified atom stereocenters. The average Bonchev–Trinajstić information content (AvgIpc) is 2.81. The number of nitrogens with zero attached hydrogens (tertiary/aromatic N) is 3. The summed E-state index contributed by atoms with van der Waals surface area (Å²) in [5.41, 5.74) is 1.92. The molecule has 23 heavy (non-hydrogen) atoms. The van der Waals surface area contributed by atoms with Crippen LogP contribution in [0.3, 0.4) is 0 Å². The van der Waals surface area contributed by atoms with Gasteiger partial charge in [-0.25, -0.2) is 0 Å². The van der Waals surface area contributed by atoms with E-state index in [1.807, 2.05) is 25.1 Å². The molecule has 0 bridgehead atoms. The minimum Gasteiger partial charge on any atom is -0.350 e. The van der Waals surface area contributed by atoms with E-state index >= 15 is 0 Å². The number of aromatic nitrogens is 3. The van der Waals surface area contributed by atoms with Gasteiger partial charge in [0.25, 0.3) is 0 Å². The Morgan fingerprint density at radius 2 is 1.91 bits per heavy atom. The van der Waals surface area contributed by atoms with Crippen molar-refractivity contribution >= 4 is 29.1 Å². The zero-order chi connectivity index (χ0) is 16.1. The van der Waals surface area contributed by atoms with Gasteiger partial charge in [0.1, 0.15) is 0 Å². The van der Waals surface area contributed by atoms with Crippen molar-refractivity contribution in [1.82, 2.24) is 15.2 Å². The van der Waals surface area contributed by atoms with Crippen LogP contribution in [0.25, 0.3) is 0 Å². The first-order chi connectivity index (χ1) is 11.2. The zero-order valence-electron chi connectivity index (χ0n) is 13.3. The van der Waals surface area contributed by atoms with Gasteiger partial charge >= 0.3 is 0 Å². The average molecular weight is 332 g/mol. The van der Waals surface area contributed by atoms with Crippen molar-refractivity contribution in [3.63, 3.8) is 0 Å². The van der Waals surface area contributed by atoms with Crippen molar-refractivity contribution in [1.29, 1.82) is 0 Å². The van der Waals surface area contributed by atoms with Gasteiger partial charge in [-0.1, -0.05) is 43.4 Å². The van der Waals surface area contributed by atoms with Crippen LogP contribution in [-0.2, 0) is 0 Å². The van der Waals surface area contributed by atoms with Gasteiger partial charge in [-0.2, -0.15) is 10.1 Å². The predicted molar refractivity (Wildman–Crippen MR) is 94.4 cm³/mol. The molecular weight excluding hydrogens is 310 g/mol. The van der Waals surface area contributed by atoms with Crippen LogP contribution in [0.5, 0.6) is 0 Å². The van der Waals surface area contributed by atoms with Crippen molar-refractivity contribution in [3.8, 4) is 0 Å². The highest BCUT2D eigenvalue weighted by atomic mass is 35.5. The van der Waals surface area contributed by atoms with Crippen molar-refractivity contribution in [2.24, 2.45) is 0 Å². The van der Waals surface area contributed by atoms with Crippen LogP contribution in [0.2, 0.25) is 5.02 Å². The Bertz CT molecular complexity index is 653. The summed E-state index contributed by atoms with van der Waals surface area (Å²) in [6.07, 6.45) is 9.16. The van der Waals surface area contributed by atoms with Crippen LogP contribution in [0, 0.1) is 6.92 Å². The van der Waals surface area contributed by atoms with E-state index in [9.17, 15) is 0 Å². The van der Waals surface area contributed by atoms with Gasteiger partial charge in [-0.05, 0) is 37.5 Å². The third kappa shape index (κ3) is 4.32. The van der Waals surface area contributed by atoms with E-state index in [-0.39, 0.29) is 0 Å². The maximum atomic E-state index is 6.15. The Morgan fingerprint density at radius 3 is 2.70 bits per heavy atom. The quantitative estimate of drug-likeness (QED) is 0.794. The van der Waals surface area contributed by atoms with Crippen molar-refractivity contribution in [2.75, 3.05) is 10.6 Å². The first kappa shape index (κ1) is 16.0. The van der Waals surface area contributed by atoms with Crippen LogP contribution < -0.4 is 10.6 Å². The summed E-state index contributed by atoms with van der Waals surface area (Å²) in [5.74, 6) is 1.25. The first-order valence-corrected chi connectivity index (χ1v) is 8.58. The van der Waals surface area contributed by atoms with Crippen molar-refractivity contribution < 1.29 is 0 Å². The molecule has 0 spiro atoms. The molecular formula is C17H22ClN5. The third-order valence-corrected chi connectivity index (χ3v) is 4.69. The maximum Gasteiger partial charge on any atom is 0.244 e. The highest BCUT2D eigenvalue weighted by molar-refractivity contribution is 6.31. The van der Waals surface area contributed by atoms with Gasteiger partial charge in [-0.3, -0.25) is 0 Å². The molecule has 1 heterocycles. The van der Waals surface area contributed by atoms with E-state index in [1.54, 1.807) is 6.20 Å². The monoisotopic (exact) mass is 331 g/mol. The highest BCUT2D eigenvalue weighted by Crippen LogP contribution is 2.25. The normalized spacial score (nSPS) is 15.9. The molecule has 2 N–H and O–H groups in total. The molecule has 0 aliphatic heterocycles. The van der Waals surface area contributed by atoms with Crippen molar-refractivity contribution in [2.45, 2.75) is 51.5 Å². The number of anilines is 3. The fourth-order valence-electron chi connectivity index (χ4n) is 2.91. The lowest BCUT2D eigenvalue weighted by Crippen LogP contribution is -2.20. The molecule has 1 aromatic heterocycles. The van der Waals surface area contributed by atoms with Crippen molar-refractivity contribution in [3.05, 3.63) is 35.0 Å². The van der Waals surface area contributed by atoms with Gasteiger partial charge in [0.15, 0.2) is 5.82 Å². The number of halogens is 1. The molecule has 1 fully saturated rings. The minimum absolute atomic E-state index is 0.447. The Balaban J connectivity index is 1.70. The molecule has 1 saturated carbocycles. The van der Waals surface area contributed by atoms with E-state index in [4.69, 9.17) is 11.6 Å². The summed E-state index contributed by atoms with van der Waals surface area (Å²) in [5, 5.41) is 15.6. The fraction of sp³-hybridized carbons (Fsp3) is 0.471. The van der Waals surface area contributed by atoms with Gasteiger partial charge in [0.05, 0.1) is 6.20 Å².